The van der Waals surface area contributed by atoms with E-state index in [4.69, 9.17) is 4.74 Å². The smallest absolute Gasteiger partial charge is 0.236 e. The number of rotatable bonds is 8. The van der Waals surface area contributed by atoms with Gasteiger partial charge in [-0.15, -0.1) is 0 Å². The van der Waals surface area contributed by atoms with Crippen molar-refractivity contribution in [1.29, 1.82) is 0 Å². The van der Waals surface area contributed by atoms with Gasteiger partial charge in [0.05, 0.1) is 19.7 Å². The lowest BCUT2D eigenvalue weighted by molar-refractivity contribution is -0.130. The molecule has 0 unspecified atom stereocenters. The Morgan fingerprint density at radius 1 is 1.14 bits per heavy atom. The van der Waals surface area contributed by atoms with Crippen molar-refractivity contribution in [1.82, 2.24) is 15.1 Å². The molecule has 0 aromatic heterocycles. The zero-order valence-corrected chi connectivity index (χ0v) is 13.8. The van der Waals surface area contributed by atoms with Crippen molar-refractivity contribution in [2.75, 3.05) is 41.3 Å². The third-order valence-corrected chi connectivity index (χ3v) is 3.11. The molecular weight excluding hydrogens is 282 g/mol. The van der Waals surface area contributed by atoms with Crippen molar-refractivity contribution in [3.05, 3.63) is 35.4 Å². The zero-order chi connectivity index (χ0) is 16.5. The summed E-state index contributed by atoms with van der Waals surface area (Å²) in [5.74, 6) is -0.131. The Labute approximate surface area is 132 Å². The molecule has 0 aliphatic rings. The molecule has 0 atom stereocenters. The number of amides is 2. The number of nitrogens with one attached hydrogen (secondary N) is 1. The van der Waals surface area contributed by atoms with Gasteiger partial charge in [0.25, 0.3) is 0 Å². The number of ether oxygens (including phenoxy) is 1. The van der Waals surface area contributed by atoms with Crippen LogP contribution < -0.4 is 5.32 Å². The number of benzene rings is 1. The first-order valence-corrected chi connectivity index (χ1v) is 7.14. The van der Waals surface area contributed by atoms with Crippen LogP contribution in [0.25, 0.3) is 0 Å². The fourth-order valence-electron chi connectivity index (χ4n) is 1.93. The van der Waals surface area contributed by atoms with E-state index in [9.17, 15) is 9.59 Å². The van der Waals surface area contributed by atoms with E-state index in [1.807, 2.05) is 24.3 Å². The maximum absolute atomic E-state index is 11.9. The molecule has 1 aromatic rings. The minimum absolute atomic E-state index is 0.0254. The molecule has 6 nitrogen and oxygen atoms in total. The van der Waals surface area contributed by atoms with E-state index >= 15 is 0 Å². The van der Waals surface area contributed by atoms with Gasteiger partial charge in [0.15, 0.2) is 0 Å². The molecule has 0 heterocycles. The van der Waals surface area contributed by atoms with E-state index in [1.54, 1.807) is 33.2 Å². The van der Waals surface area contributed by atoms with E-state index in [-0.39, 0.29) is 24.9 Å². The second-order valence-electron chi connectivity index (χ2n) is 5.49. The third-order valence-electron chi connectivity index (χ3n) is 3.11. The molecule has 1 N–H and O–H groups in total. The second kappa shape index (κ2) is 9.17. The highest BCUT2D eigenvalue weighted by Gasteiger charge is 2.11. The van der Waals surface area contributed by atoms with Crippen LogP contribution in [0.2, 0.25) is 0 Å². The average Bonchev–Trinajstić information content (AvgIpc) is 2.45. The Hall–Kier alpha value is -1.92. The Kier molecular flexibility index (Phi) is 7.56. The van der Waals surface area contributed by atoms with Gasteiger partial charge >= 0.3 is 0 Å². The number of carbonyl (C=O) groups excluding carboxylic acids is 2. The molecule has 0 spiro atoms. The summed E-state index contributed by atoms with van der Waals surface area (Å²) in [6.45, 7) is 1.43. The minimum atomic E-state index is -0.105. The third kappa shape index (κ3) is 6.69. The van der Waals surface area contributed by atoms with Crippen LogP contribution in [0.15, 0.2) is 24.3 Å². The Morgan fingerprint density at radius 2 is 1.82 bits per heavy atom. The van der Waals surface area contributed by atoms with Gasteiger partial charge in [-0.1, -0.05) is 24.3 Å². The summed E-state index contributed by atoms with van der Waals surface area (Å²) in [7, 11) is 6.80. The molecule has 6 heteroatoms. The highest BCUT2D eigenvalue weighted by atomic mass is 16.5. The normalized spacial score (nSPS) is 10.6. The molecule has 0 bridgehead atoms. The van der Waals surface area contributed by atoms with Gasteiger partial charge in [0.2, 0.25) is 11.8 Å². The first-order valence-electron chi connectivity index (χ1n) is 7.14. The predicted octanol–water partition coefficient (Wildman–Crippen LogP) is 0.469. The van der Waals surface area contributed by atoms with Crippen LogP contribution in [0, 0.1) is 0 Å². The number of hydrogen-bond acceptors (Lipinski definition) is 4. The molecular formula is C16H25N3O3. The molecule has 0 aliphatic carbocycles. The summed E-state index contributed by atoms with van der Waals surface area (Å²) in [5, 5.41) is 2.86. The largest absolute Gasteiger partial charge is 0.380 e. The lowest BCUT2D eigenvalue weighted by Gasteiger charge is -2.18. The number of likely N-dealkylation sites (N-methyl/N-ethyl adjacent to an activating group) is 2. The molecule has 122 valence electrons. The topological polar surface area (TPSA) is 61.9 Å². The van der Waals surface area contributed by atoms with Gasteiger partial charge < -0.3 is 15.0 Å². The maximum Gasteiger partial charge on any atom is 0.236 e. The number of methoxy groups -OCH3 is 1. The van der Waals surface area contributed by atoms with E-state index in [2.05, 4.69) is 5.32 Å². The Morgan fingerprint density at radius 3 is 2.45 bits per heavy atom. The van der Waals surface area contributed by atoms with Crippen LogP contribution in [-0.4, -0.2) is 63.0 Å². The van der Waals surface area contributed by atoms with Gasteiger partial charge in [-0.25, -0.2) is 0 Å². The van der Waals surface area contributed by atoms with Gasteiger partial charge in [-0.2, -0.15) is 0 Å². The van der Waals surface area contributed by atoms with Crippen molar-refractivity contribution in [3.63, 3.8) is 0 Å². The molecule has 0 aliphatic heterocycles. The molecule has 0 fully saturated rings. The molecule has 0 saturated heterocycles. The lowest BCUT2D eigenvalue weighted by atomic mass is 10.1. The zero-order valence-electron chi connectivity index (χ0n) is 13.8. The highest BCUT2D eigenvalue weighted by molar-refractivity contribution is 5.80. The summed E-state index contributed by atoms with van der Waals surface area (Å²) in [6.07, 6.45) is 0. The van der Waals surface area contributed by atoms with E-state index < -0.39 is 0 Å². The van der Waals surface area contributed by atoms with Crippen molar-refractivity contribution in [2.45, 2.75) is 13.2 Å². The molecule has 0 radical (unpaired) electrons. The average molecular weight is 307 g/mol. The Bertz CT molecular complexity index is 503. The first kappa shape index (κ1) is 18.1. The van der Waals surface area contributed by atoms with Crippen molar-refractivity contribution in [2.24, 2.45) is 0 Å². The monoisotopic (exact) mass is 307 g/mol. The SMILES string of the molecule is COCc1cccc(CNC(=O)CN(C)CC(=O)N(C)C)c1. The molecule has 1 aromatic carbocycles. The van der Waals surface area contributed by atoms with E-state index in [0.29, 0.717) is 13.2 Å². The van der Waals surface area contributed by atoms with Crippen molar-refractivity contribution < 1.29 is 14.3 Å². The fraction of sp³-hybridized carbons (Fsp3) is 0.500. The molecule has 0 saturated carbocycles. The standard InChI is InChI=1S/C16H25N3O3/c1-18(2)16(21)11-19(3)10-15(20)17-9-13-6-5-7-14(8-13)12-22-4/h5-8H,9-12H2,1-4H3,(H,17,20). The predicted molar refractivity (Wildman–Crippen MR) is 85.2 cm³/mol. The molecule has 1 rings (SSSR count). The summed E-state index contributed by atoms with van der Waals surface area (Å²) in [4.78, 5) is 26.6. The van der Waals surface area contributed by atoms with Gasteiger partial charge in [-0.05, 0) is 18.2 Å². The molecule has 22 heavy (non-hydrogen) atoms. The summed E-state index contributed by atoms with van der Waals surface area (Å²) in [5.41, 5.74) is 2.10. The summed E-state index contributed by atoms with van der Waals surface area (Å²) >= 11 is 0. The maximum atomic E-state index is 11.9. The van der Waals surface area contributed by atoms with Crippen LogP contribution in [0.1, 0.15) is 11.1 Å². The van der Waals surface area contributed by atoms with Gasteiger partial charge in [0.1, 0.15) is 0 Å². The second-order valence-corrected chi connectivity index (χ2v) is 5.49. The Balaban J connectivity index is 2.39. The number of carbonyl (C=O) groups is 2. The van der Waals surface area contributed by atoms with Gasteiger partial charge in [-0.3, -0.25) is 14.5 Å². The van der Waals surface area contributed by atoms with Gasteiger partial charge in [0, 0.05) is 27.7 Å². The van der Waals surface area contributed by atoms with Crippen molar-refractivity contribution >= 4 is 11.8 Å². The lowest BCUT2D eigenvalue weighted by Crippen LogP contribution is -2.40. The van der Waals surface area contributed by atoms with Crippen molar-refractivity contribution in [3.8, 4) is 0 Å². The summed E-state index contributed by atoms with van der Waals surface area (Å²) in [6, 6.07) is 7.88. The van der Waals surface area contributed by atoms with Crippen LogP contribution in [0.4, 0.5) is 0 Å². The van der Waals surface area contributed by atoms with E-state index in [1.165, 1.54) is 4.90 Å². The number of hydrogen-bond donors (Lipinski definition) is 1. The van der Waals surface area contributed by atoms with Crippen LogP contribution in [0.3, 0.4) is 0 Å². The minimum Gasteiger partial charge on any atom is -0.380 e. The van der Waals surface area contributed by atoms with Crippen LogP contribution in [-0.2, 0) is 27.5 Å². The quantitative estimate of drug-likeness (QED) is 0.758. The van der Waals surface area contributed by atoms with E-state index in [0.717, 1.165) is 11.1 Å². The van der Waals surface area contributed by atoms with Crippen LogP contribution in [0.5, 0.6) is 0 Å². The molecule has 2 amide bonds. The van der Waals surface area contributed by atoms with Crippen LogP contribution >= 0.6 is 0 Å². The highest BCUT2D eigenvalue weighted by Crippen LogP contribution is 2.06. The first-order chi connectivity index (χ1) is 10.4. The summed E-state index contributed by atoms with van der Waals surface area (Å²) < 4.78 is 5.09. The fourth-order valence-corrected chi connectivity index (χ4v) is 1.93. The number of nitrogens with zero attached hydrogens (tertiary/aromatic N) is 2.